The summed E-state index contributed by atoms with van der Waals surface area (Å²) in [6.45, 7) is 4.58. The summed E-state index contributed by atoms with van der Waals surface area (Å²) in [6, 6.07) is 11.5. The SMILES string of the molecule is COCC(=O)N1CCc2ccc(NC(=O)c3cc(C)ccc3C)cc21. The highest BCUT2D eigenvalue weighted by molar-refractivity contribution is 6.06. The maximum atomic E-state index is 12.6. The van der Waals surface area contributed by atoms with Crippen molar-refractivity contribution in [3.05, 3.63) is 58.7 Å². The number of nitrogens with one attached hydrogen (secondary N) is 1. The van der Waals surface area contributed by atoms with E-state index < -0.39 is 0 Å². The Morgan fingerprint density at radius 1 is 1.16 bits per heavy atom. The lowest BCUT2D eigenvalue weighted by Crippen LogP contribution is -2.32. The van der Waals surface area contributed by atoms with E-state index in [1.807, 2.05) is 50.2 Å². The van der Waals surface area contributed by atoms with Crippen LogP contribution < -0.4 is 10.2 Å². The van der Waals surface area contributed by atoms with Crippen molar-refractivity contribution in [2.75, 3.05) is 30.5 Å². The van der Waals surface area contributed by atoms with Crippen molar-refractivity contribution in [2.45, 2.75) is 20.3 Å². The predicted octanol–water partition coefficient (Wildman–Crippen LogP) is 3.09. The Labute approximate surface area is 147 Å². The first kappa shape index (κ1) is 17.2. The summed E-state index contributed by atoms with van der Waals surface area (Å²) in [6.07, 6.45) is 0.815. The molecule has 0 aromatic heterocycles. The van der Waals surface area contributed by atoms with Crippen LogP contribution in [0, 0.1) is 13.8 Å². The van der Waals surface area contributed by atoms with Crippen LogP contribution in [0.25, 0.3) is 0 Å². The van der Waals surface area contributed by atoms with Crippen LogP contribution in [-0.2, 0) is 16.0 Å². The van der Waals surface area contributed by atoms with Gasteiger partial charge in [-0.15, -0.1) is 0 Å². The molecule has 0 aliphatic carbocycles. The number of ether oxygens (including phenoxy) is 1. The Morgan fingerprint density at radius 2 is 1.96 bits per heavy atom. The fraction of sp³-hybridized carbons (Fsp3) is 0.300. The normalized spacial score (nSPS) is 12.8. The Morgan fingerprint density at radius 3 is 2.72 bits per heavy atom. The monoisotopic (exact) mass is 338 g/mol. The molecule has 2 aromatic carbocycles. The number of amides is 2. The Hall–Kier alpha value is -2.66. The van der Waals surface area contributed by atoms with E-state index in [2.05, 4.69) is 5.32 Å². The number of aryl methyl sites for hydroxylation is 2. The molecule has 0 saturated heterocycles. The number of carbonyl (C=O) groups is 2. The molecule has 1 aliphatic rings. The Kier molecular flexibility index (Phi) is 4.86. The quantitative estimate of drug-likeness (QED) is 0.932. The summed E-state index contributed by atoms with van der Waals surface area (Å²) in [5.74, 6) is -0.215. The largest absolute Gasteiger partial charge is 0.375 e. The van der Waals surface area contributed by atoms with Crippen LogP contribution in [0.5, 0.6) is 0 Å². The molecular formula is C20H22N2O3. The van der Waals surface area contributed by atoms with Crippen molar-refractivity contribution < 1.29 is 14.3 Å². The van der Waals surface area contributed by atoms with Gasteiger partial charge in [0.25, 0.3) is 11.8 Å². The molecule has 0 unspecified atom stereocenters. The summed E-state index contributed by atoms with van der Waals surface area (Å²) in [5.41, 5.74) is 5.27. The van der Waals surface area contributed by atoms with Gasteiger partial charge in [0.05, 0.1) is 0 Å². The minimum absolute atomic E-state index is 0.0541. The van der Waals surface area contributed by atoms with Crippen LogP contribution in [-0.4, -0.2) is 32.1 Å². The Bertz CT molecular complexity index is 830. The van der Waals surface area contributed by atoms with Gasteiger partial charge in [-0.25, -0.2) is 0 Å². The van der Waals surface area contributed by atoms with Crippen molar-refractivity contribution in [3.63, 3.8) is 0 Å². The number of hydrogen-bond acceptors (Lipinski definition) is 3. The predicted molar refractivity (Wildman–Crippen MR) is 98.2 cm³/mol. The smallest absolute Gasteiger partial charge is 0.255 e. The Balaban J connectivity index is 1.83. The minimum Gasteiger partial charge on any atom is -0.375 e. The highest BCUT2D eigenvalue weighted by Crippen LogP contribution is 2.31. The third kappa shape index (κ3) is 3.56. The zero-order valence-electron chi connectivity index (χ0n) is 14.8. The number of anilines is 2. The molecule has 1 aliphatic heterocycles. The molecule has 25 heavy (non-hydrogen) atoms. The van der Waals surface area contributed by atoms with Crippen molar-refractivity contribution in [3.8, 4) is 0 Å². The van der Waals surface area contributed by atoms with E-state index in [0.29, 0.717) is 17.8 Å². The van der Waals surface area contributed by atoms with Crippen LogP contribution in [0.1, 0.15) is 27.0 Å². The van der Waals surface area contributed by atoms with Crippen molar-refractivity contribution >= 4 is 23.2 Å². The van der Waals surface area contributed by atoms with E-state index in [9.17, 15) is 9.59 Å². The zero-order valence-corrected chi connectivity index (χ0v) is 14.8. The topological polar surface area (TPSA) is 58.6 Å². The second-order valence-corrected chi connectivity index (χ2v) is 6.34. The number of methoxy groups -OCH3 is 1. The molecule has 5 heteroatoms. The highest BCUT2D eigenvalue weighted by Gasteiger charge is 2.25. The number of rotatable bonds is 4. The molecule has 2 aromatic rings. The van der Waals surface area contributed by atoms with E-state index in [-0.39, 0.29) is 18.4 Å². The standard InChI is InChI=1S/C20H22N2O3/c1-13-4-5-14(2)17(10-13)20(24)21-16-7-6-15-8-9-22(18(15)11-16)19(23)12-25-3/h4-7,10-11H,8-9,12H2,1-3H3,(H,21,24). The average molecular weight is 338 g/mol. The highest BCUT2D eigenvalue weighted by atomic mass is 16.5. The molecule has 1 N–H and O–H groups in total. The van der Waals surface area contributed by atoms with Gasteiger partial charge in [0, 0.05) is 30.6 Å². The molecule has 2 amide bonds. The fourth-order valence-corrected chi connectivity index (χ4v) is 3.10. The van der Waals surface area contributed by atoms with Crippen molar-refractivity contribution in [1.29, 1.82) is 0 Å². The molecule has 5 nitrogen and oxygen atoms in total. The van der Waals surface area contributed by atoms with Crippen LogP contribution >= 0.6 is 0 Å². The fourth-order valence-electron chi connectivity index (χ4n) is 3.10. The lowest BCUT2D eigenvalue weighted by Gasteiger charge is -2.18. The van der Waals surface area contributed by atoms with E-state index in [1.165, 1.54) is 7.11 Å². The molecule has 130 valence electrons. The van der Waals surface area contributed by atoms with Gasteiger partial charge in [-0.3, -0.25) is 9.59 Å². The molecule has 0 radical (unpaired) electrons. The zero-order chi connectivity index (χ0) is 18.0. The second-order valence-electron chi connectivity index (χ2n) is 6.34. The van der Waals surface area contributed by atoms with Crippen LogP contribution in [0.2, 0.25) is 0 Å². The van der Waals surface area contributed by atoms with E-state index in [0.717, 1.165) is 28.8 Å². The first-order chi connectivity index (χ1) is 12.0. The number of fused-ring (bicyclic) bond motifs is 1. The summed E-state index contributed by atoms with van der Waals surface area (Å²) < 4.78 is 4.95. The van der Waals surface area contributed by atoms with E-state index in [1.54, 1.807) is 4.90 Å². The maximum absolute atomic E-state index is 12.6. The van der Waals surface area contributed by atoms with Gasteiger partial charge in [0.1, 0.15) is 6.61 Å². The summed E-state index contributed by atoms with van der Waals surface area (Å²) in [5, 5.41) is 2.94. The van der Waals surface area contributed by atoms with Gasteiger partial charge >= 0.3 is 0 Å². The summed E-state index contributed by atoms with van der Waals surface area (Å²) >= 11 is 0. The third-order valence-electron chi connectivity index (χ3n) is 4.45. The summed E-state index contributed by atoms with van der Waals surface area (Å²) in [4.78, 5) is 26.5. The molecular weight excluding hydrogens is 316 g/mol. The summed E-state index contributed by atoms with van der Waals surface area (Å²) in [7, 11) is 1.51. The van der Waals surface area contributed by atoms with Gasteiger partial charge in [0.2, 0.25) is 0 Å². The molecule has 0 fully saturated rings. The first-order valence-corrected chi connectivity index (χ1v) is 8.30. The lowest BCUT2D eigenvalue weighted by molar-refractivity contribution is -0.122. The number of carbonyl (C=O) groups excluding carboxylic acids is 2. The van der Waals surface area contributed by atoms with Crippen molar-refractivity contribution in [2.24, 2.45) is 0 Å². The van der Waals surface area contributed by atoms with Gasteiger partial charge in [-0.05, 0) is 49.6 Å². The molecule has 3 rings (SSSR count). The lowest BCUT2D eigenvalue weighted by atomic mass is 10.0. The minimum atomic E-state index is -0.145. The second kappa shape index (κ2) is 7.07. The van der Waals surface area contributed by atoms with E-state index in [4.69, 9.17) is 4.74 Å². The molecule has 0 spiro atoms. The maximum Gasteiger partial charge on any atom is 0.255 e. The van der Waals surface area contributed by atoms with E-state index >= 15 is 0 Å². The number of nitrogens with zero attached hydrogens (tertiary/aromatic N) is 1. The van der Waals surface area contributed by atoms with Crippen LogP contribution in [0.15, 0.2) is 36.4 Å². The third-order valence-corrected chi connectivity index (χ3v) is 4.45. The van der Waals surface area contributed by atoms with Gasteiger partial charge in [-0.2, -0.15) is 0 Å². The van der Waals surface area contributed by atoms with Gasteiger partial charge < -0.3 is 15.0 Å². The van der Waals surface area contributed by atoms with Crippen molar-refractivity contribution in [1.82, 2.24) is 0 Å². The number of benzene rings is 2. The molecule has 0 atom stereocenters. The van der Waals surface area contributed by atoms with Gasteiger partial charge in [-0.1, -0.05) is 23.8 Å². The van der Waals surface area contributed by atoms with Gasteiger partial charge in [0.15, 0.2) is 0 Å². The average Bonchev–Trinajstić information content (AvgIpc) is 3.00. The molecule has 0 saturated carbocycles. The molecule has 0 bridgehead atoms. The first-order valence-electron chi connectivity index (χ1n) is 8.30. The van der Waals surface area contributed by atoms with Crippen LogP contribution in [0.4, 0.5) is 11.4 Å². The molecule has 1 heterocycles. The number of hydrogen-bond donors (Lipinski definition) is 1. The van der Waals surface area contributed by atoms with Crippen LogP contribution in [0.3, 0.4) is 0 Å².